The van der Waals surface area contributed by atoms with Crippen molar-refractivity contribution in [2.24, 2.45) is 0 Å². The minimum absolute atomic E-state index is 0.0431. The molecule has 7 nitrogen and oxygen atoms in total. The fourth-order valence-electron chi connectivity index (χ4n) is 2.70. The Balaban J connectivity index is 1.60. The molecule has 0 radical (unpaired) electrons. The summed E-state index contributed by atoms with van der Waals surface area (Å²) >= 11 is 2.84. The first-order valence-electron chi connectivity index (χ1n) is 8.76. The number of amides is 1. The van der Waals surface area contributed by atoms with Crippen LogP contribution in [-0.2, 0) is 14.8 Å². The number of carbonyl (C=O) groups excluding carboxylic acids is 1. The van der Waals surface area contributed by atoms with E-state index < -0.39 is 10.0 Å². The maximum absolute atomic E-state index is 12.4. The summed E-state index contributed by atoms with van der Waals surface area (Å²) in [6.45, 7) is 0.0431. The van der Waals surface area contributed by atoms with Crippen molar-refractivity contribution in [3.05, 3.63) is 47.6 Å². The smallest absolute Gasteiger partial charge is 0.250 e. The minimum atomic E-state index is -3.56. The average Bonchev–Trinajstić information content (AvgIpc) is 3.34. The molecule has 2 aromatic heterocycles. The zero-order valence-corrected chi connectivity index (χ0v) is 17.8. The summed E-state index contributed by atoms with van der Waals surface area (Å²) in [6.07, 6.45) is 2.80. The quantitative estimate of drug-likeness (QED) is 0.452. The molecule has 2 heterocycles. The Bertz CT molecular complexity index is 983. The number of imidazole rings is 1. The molecule has 0 bridgehead atoms. The predicted octanol–water partition coefficient (Wildman–Crippen LogP) is 2.90. The van der Waals surface area contributed by atoms with Crippen molar-refractivity contribution in [3.63, 3.8) is 0 Å². The third kappa shape index (κ3) is 5.34. The standard InChI is InChI=1S/C18H22N4O3S3/c1-26-12-9-15(18-21-13-5-2-3-6-14(13)22-18)20-16(23)8-10-19-28(24,25)17-7-4-11-27-17/h2-7,11,15,19H,8-10,12H2,1H3,(H,20,23)(H,21,22)/t15-/m1/s1. The molecule has 0 saturated carbocycles. The van der Waals surface area contributed by atoms with Crippen molar-refractivity contribution in [2.75, 3.05) is 18.6 Å². The Kier molecular flexibility index (Phi) is 7.11. The second-order valence-electron chi connectivity index (χ2n) is 6.12. The molecule has 1 aromatic carbocycles. The van der Waals surface area contributed by atoms with Crippen molar-refractivity contribution in [1.82, 2.24) is 20.0 Å². The zero-order valence-electron chi connectivity index (χ0n) is 15.3. The van der Waals surface area contributed by atoms with Gasteiger partial charge < -0.3 is 10.3 Å². The molecule has 0 aliphatic rings. The van der Waals surface area contributed by atoms with Gasteiger partial charge >= 0.3 is 0 Å². The topological polar surface area (TPSA) is 104 Å². The largest absolute Gasteiger partial charge is 0.346 e. The van der Waals surface area contributed by atoms with E-state index in [2.05, 4.69) is 20.0 Å². The van der Waals surface area contributed by atoms with Crippen LogP contribution in [0.2, 0.25) is 0 Å². The van der Waals surface area contributed by atoms with Gasteiger partial charge in [-0.1, -0.05) is 18.2 Å². The van der Waals surface area contributed by atoms with Crippen LogP contribution in [-0.4, -0.2) is 42.8 Å². The molecule has 0 fully saturated rings. The van der Waals surface area contributed by atoms with Crippen LogP contribution in [0.5, 0.6) is 0 Å². The number of benzene rings is 1. The van der Waals surface area contributed by atoms with E-state index in [1.807, 2.05) is 30.5 Å². The molecule has 0 spiro atoms. The summed E-state index contributed by atoms with van der Waals surface area (Å²) in [7, 11) is -3.56. The number of rotatable bonds is 10. The van der Waals surface area contributed by atoms with Crippen LogP contribution < -0.4 is 10.0 Å². The SMILES string of the molecule is CSCC[C@@H](NC(=O)CCNS(=O)(=O)c1cccs1)c1nc2ccccc2[nH]1. The number of thiophene rings is 1. The predicted molar refractivity (Wildman–Crippen MR) is 114 cm³/mol. The number of aromatic amines is 1. The lowest BCUT2D eigenvalue weighted by Gasteiger charge is -2.16. The summed E-state index contributed by atoms with van der Waals surface area (Å²) < 4.78 is 26.9. The van der Waals surface area contributed by atoms with E-state index in [-0.39, 0.29) is 29.1 Å². The number of nitrogens with one attached hydrogen (secondary N) is 3. The van der Waals surface area contributed by atoms with Crippen LogP contribution in [0.3, 0.4) is 0 Å². The number of para-hydroxylation sites is 2. The lowest BCUT2D eigenvalue weighted by molar-refractivity contribution is -0.121. The van der Waals surface area contributed by atoms with Crippen molar-refractivity contribution in [2.45, 2.75) is 23.1 Å². The molecule has 0 aliphatic carbocycles. The molecule has 3 aromatic rings. The van der Waals surface area contributed by atoms with Gasteiger partial charge in [0.2, 0.25) is 15.9 Å². The Morgan fingerprint density at radius 2 is 2.11 bits per heavy atom. The van der Waals surface area contributed by atoms with Gasteiger partial charge in [0.05, 0.1) is 17.1 Å². The molecule has 28 heavy (non-hydrogen) atoms. The molecule has 1 atom stereocenters. The zero-order chi connectivity index (χ0) is 20.0. The van der Waals surface area contributed by atoms with Gasteiger partial charge in [-0.3, -0.25) is 4.79 Å². The van der Waals surface area contributed by atoms with Crippen LogP contribution in [0.4, 0.5) is 0 Å². The molecule has 3 N–H and O–H groups in total. The highest BCUT2D eigenvalue weighted by molar-refractivity contribution is 7.98. The molecule has 0 saturated heterocycles. The fourth-order valence-corrected chi connectivity index (χ4v) is 5.24. The van der Waals surface area contributed by atoms with Crippen molar-refractivity contribution >= 4 is 50.1 Å². The Morgan fingerprint density at radius 1 is 1.29 bits per heavy atom. The maximum atomic E-state index is 12.4. The van der Waals surface area contributed by atoms with E-state index in [1.54, 1.807) is 23.2 Å². The van der Waals surface area contributed by atoms with Crippen LogP contribution in [0.15, 0.2) is 46.0 Å². The number of thioether (sulfide) groups is 1. The van der Waals surface area contributed by atoms with Gasteiger partial charge in [-0.15, -0.1) is 11.3 Å². The highest BCUT2D eigenvalue weighted by atomic mass is 32.2. The van der Waals surface area contributed by atoms with E-state index in [0.717, 1.165) is 34.5 Å². The Morgan fingerprint density at radius 3 is 2.82 bits per heavy atom. The molecule has 150 valence electrons. The highest BCUT2D eigenvalue weighted by Crippen LogP contribution is 2.20. The summed E-state index contributed by atoms with van der Waals surface area (Å²) in [6, 6.07) is 10.7. The van der Waals surface area contributed by atoms with Crippen molar-refractivity contribution in [3.8, 4) is 0 Å². The van der Waals surface area contributed by atoms with Crippen molar-refractivity contribution < 1.29 is 13.2 Å². The molecule has 0 unspecified atom stereocenters. The van der Waals surface area contributed by atoms with Gasteiger partial charge in [-0.2, -0.15) is 11.8 Å². The van der Waals surface area contributed by atoms with Gasteiger partial charge in [0.15, 0.2) is 0 Å². The average molecular weight is 439 g/mol. The van der Waals surface area contributed by atoms with E-state index in [4.69, 9.17) is 0 Å². The van der Waals surface area contributed by atoms with E-state index in [1.165, 1.54) is 6.07 Å². The normalized spacial score (nSPS) is 12.9. The summed E-state index contributed by atoms with van der Waals surface area (Å²) in [5.74, 6) is 1.36. The molecule has 3 rings (SSSR count). The first kappa shape index (κ1) is 20.8. The number of hydrogen-bond acceptors (Lipinski definition) is 6. The maximum Gasteiger partial charge on any atom is 0.250 e. The molecular weight excluding hydrogens is 416 g/mol. The minimum Gasteiger partial charge on any atom is -0.346 e. The van der Waals surface area contributed by atoms with Crippen LogP contribution in [0, 0.1) is 0 Å². The molecule has 0 aliphatic heterocycles. The number of aromatic nitrogens is 2. The van der Waals surface area contributed by atoms with Crippen LogP contribution in [0.25, 0.3) is 11.0 Å². The Labute approximate surface area is 172 Å². The second-order valence-corrected chi connectivity index (χ2v) is 10.0. The lowest BCUT2D eigenvalue weighted by atomic mass is 10.2. The third-order valence-electron chi connectivity index (χ3n) is 4.09. The molecule has 10 heteroatoms. The van der Waals surface area contributed by atoms with E-state index >= 15 is 0 Å². The van der Waals surface area contributed by atoms with E-state index in [0.29, 0.717) is 5.82 Å². The fraction of sp³-hybridized carbons (Fsp3) is 0.333. The first-order chi connectivity index (χ1) is 13.5. The first-order valence-corrected chi connectivity index (χ1v) is 12.5. The number of hydrogen-bond donors (Lipinski definition) is 3. The Hall–Kier alpha value is -1.88. The van der Waals surface area contributed by atoms with Gasteiger partial charge in [0, 0.05) is 13.0 Å². The number of H-pyrrole nitrogens is 1. The number of nitrogens with zero attached hydrogens (tertiary/aromatic N) is 1. The summed E-state index contributed by atoms with van der Waals surface area (Å²) in [5.41, 5.74) is 1.77. The summed E-state index contributed by atoms with van der Waals surface area (Å²) in [5, 5.41) is 4.67. The van der Waals surface area contributed by atoms with Crippen LogP contribution in [0.1, 0.15) is 24.7 Å². The van der Waals surface area contributed by atoms with Crippen molar-refractivity contribution in [1.29, 1.82) is 0 Å². The van der Waals surface area contributed by atoms with E-state index in [9.17, 15) is 13.2 Å². The molecule has 1 amide bonds. The van der Waals surface area contributed by atoms with Crippen LogP contribution >= 0.6 is 23.1 Å². The monoisotopic (exact) mass is 438 g/mol. The number of fused-ring (bicyclic) bond motifs is 1. The number of carbonyl (C=O) groups is 1. The van der Waals surface area contributed by atoms with Gasteiger partial charge in [0.1, 0.15) is 10.0 Å². The lowest BCUT2D eigenvalue weighted by Crippen LogP contribution is -2.33. The van der Waals surface area contributed by atoms with Gasteiger partial charge in [-0.05, 0) is 42.0 Å². The van der Waals surface area contributed by atoms with Gasteiger partial charge in [0.25, 0.3) is 0 Å². The third-order valence-corrected chi connectivity index (χ3v) is 7.59. The highest BCUT2D eigenvalue weighted by Gasteiger charge is 2.19. The second kappa shape index (κ2) is 9.55. The van der Waals surface area contributed by atoms with Gasteiger partial charge in [-0.25, -0.2) is 18.1 Å². The molecular formula is C18H22N4O3S3. The number of sulfonamides is 1. The summed E-state index contributed by atoms with van der Waals surface area (Å²) in [4.78, 5) is 20.2.